The minimum atomic E-state index is -3.17. The average molecular weight is 332 g/mol. The van der Waals surface area contributed by atoms with E-state index in [9.17, 15) is 8.42 Å². The third-order valence-corrected chi connectivity index (χ3v) is 7.59. The van der Waals surface area contributed by atoms with Crippen LogP contribution in [0.25, 0.3) is 0 Å². The molecule has 2 atom stereocenters. The summed E-state index contributed by atoms with van der Waals surface area (Å²) < 4.78 is 32.3. The molecule has 0 aliphatic carbocycles. The Hall–Kier alpha value is -0.250. The van der Waals surface area contributed by atoms with Crippen LogP contribution in [0.15, 0.2) is 0 Å². The van der Waals surface area contributed by atoms with Gasteiger partial charge in [-0.25, -0.2) is 8.42 Å². The van der Waals surface area contributed by atoms with Crippen LogP contribution in [0, 0.1) is 0 Å². The predicted molar refractivity (Wildman–Crippen MR) is 85.2 cm³/mol. The lowest BCUT2D eigenvalue weighted by molar-refractivity contribution is 0.0713. The van der Waals surface area contributed by atoms with E-state index in [1.807, 2.05) is 0 Å². The molecule has 128 valence electrons. The molecule has 2 unspecified atom stereocenters. The van der Waals surface area contributed by atoms with Gasteiger partial charge in [-0.05, 0) is 38.9 Å². The molecule has 8 heteroatoms. The summed E-state index contributed by atoms with van der Waals surface area (Å²) in [5.41, 5.74) is 6.20. The maximum Gasteiger partial charge on any atom is 0.217 e. The van der Waals surface area contributed by atoms with Crippen molar-refractivity contribution in [2.24, 2.45) is 5.73 Å². The van der Waals surface area contributed by atoms with Crippen LogP contribution in [0.2, 0.25) is 0 Å². The Morgan fingerprint density at radius 1 is 1.05 bits per heavy atom. The summed E-state index contributed by atoms with van der Waals surface area (Å²) in [4.78, 5) is 2.40. The summed E-state index contributed by atoms with van der Waals surface area (Å²) in [6.07, 6.45) is 2.49. The molecular formula is C14H28N4O3S. The first-order chi connectivity index (χ1) is 10.6. The van der Waals surface area contributed by atoms with E-state index in [2.05, 4.69) is 10.2 Å². The molecule has 0 saturated carbocycles. The quantitative estimate of drug-likeness (QED) is 0.675. The number of rotatable bonds is 3. The van der Waals surface area contributed by atoms with Crippen molar-refractivity contribution in [2.45, 2.75) is 36.6 Å². The number of sulfonamides is 1. The average Bonchev–Trinajstić information content (AvgIpc) is 2.56. The third kappa shape index (κ3) is 3.47. The fourth-order valence-electron chi connectivity index (χ4n) is 3.84. The van der Waals surface area contributed by atoms with Crippen molar-refractivity contribution in [3.63, 3.8) is 0 Å². The number of ether oxygens (including phenoxy) is 1. The van der Waals surface area contributed by atoms with Crippen molar-refractivity contribution >= 4 is 10.0 Å². The van der Waals surface area contributed by atoms with Crippen LogP contribution in [0.4, 0.5) is 0 Å². The third-order valence-electron chi connectivity index (χ3n) is 5.19. The van der Waals surface area contributed by atoms with Crippen LogP contribution in [0.1, 0.15) is 19.3 Å². The smallest absolute Gasteiger partial charge is 0.217 e. The minimum absolute atomic E-state index is 0.154. The van der Waals surface area contributed by atoms with E-state index in [1.165, 1.54) is 0 Å². The van der Waals surface area contributed by atoms with Gasteiger partial charge in [-0.2, -0.15) is 4.31 Å². The molecule has 7 nitrogen and oxygen atoms in total. The molecule has 3 heterocycles. The van der Waals surface area contributed by atoms with Crippen LogP contribution >= 0.6 is 0 Å². The van der Waals surface area contributed by atoms with Crippen LogP contribution in [-0.2, 0) is 14.8 Å². The van der Waals surface area contributed by atoms with Gasteiger partial charge in [0, 0.05) is 31.7 Å². The number of likely N-dealkylation sites (tertiary alicyclic amines) is 1. The summed E-state index contributed by atoms with van der Waals surface area (Å²) in [6, 6.07) is 0.550. The molecule has 0 aromatic carbocycles. The van der Waals surface area contributed by atoms with Gasteiger partial charge in [0.1, 0.15) is 0 Å². The molecule has 3 fully saturated rings. The zero-order valence-corrected chi connectivity index (χ0v) is 13.9. The zero-order valence-electron chi connectivity index (χ0n) is 13.1. The van der Waals surface area contributed by atoms with E-state index < -0.39 is 10.0 Å². The normalized spacial score (nSPS) is 33.9. The van der Waals surface area contributed by atoms with Gasteiger partial charge >= 0.3 is 0 Å². The molecular weight excluding hydrogens is 304 g/mol. The Balaban J connectivity index is 1.56. The van der Waals surface area contributed by atoms with E-state index >= 15 is 0 Å². The number of hydrogen-bond donors (Lipinski definition) is 2. The second-order valence-corrected chi connectivity index (χ2v) is 8.73. The molecule has 3 saturated heterocycles. The van der Waals surface area contributed by atoms with Crippen LogP contribution in [0.5, 0.6) is 0 Å². The van der Waals surface area contributed by atoms with Gasteiger partial charge in [0.05, 0.1) is 18.5 Å². The first-order valence-corrected chi connectivity index (χ1v) is 9.86. The van der Waals surface area contributed by atoms with E-state index in [4.69, 9.17) is 10.5 Å². The fourth-order valence-corrected chi connectivity index (χ4v) is 5.73. The van der Waals surface area contributed by atoms with Crippen molar-refractivity contribution in [3.8, 4) is 0 Å². The molecule has 22 heavy (non-hydrogen) atoms. The van der Waals surface area contributed by atoms with E-state index in [-0.39, 0.29) is 11.3 Å². The Bertz CT molecular complexity index is 459. The van der Waals surface area contributed by atoms with Crippen molar-refractivity contribution in [3.05, 3.63) is 0 Å². The maximum atomic E-state index is 12.7. The molecule has 3 N–H and O–H groups in total. The lowest BCUT2D eigenvalue weighted by Crippen LogP contribution is -2.59. The van der Waals surface area contributed by atoms with Crippen LogP contribution in [-0.4, -0.2) is 87.4 Å². The van der Waals surface area contributed by atoms with Crippen molar-refractivity contribution < 1.29 is 13.2 Å². The monoisotopic (exact) mass is 332 g/mol. The molecule has 0 aromatic heterocycles. The molecule has 0 aromatic rings. The first-order valence-electron chi connectivity index (χ1n) is 8.36. The molecule has 3 aliphatic rings. The fraction of sp³-hybridized carbons (Fsp3) is 1.00. The summed E-state index contributed by atoms with van der Waals surface area (Å²) in [7, 11) is -3.17. The summed E-state index contributed by atoms with van der Waals surface area (Å²) >= 11 is 0. The van der Waals surface area contributed by atoms with Gasteiger partial charge in [0.25, 0.3) is 0 Å². The van der Waals surface area contributed by atoms with Gasteiger partial charge in [-0.3, -0.25) is 4.90 Å². The van der Waals surface area contributed by atoms with Crippen molar-refractivity contribution in [1.82, 2.24) is 14.5 Å². The molecule has 0 spiro atoms. The molecule has 0 amide bonds. The second kappa shape index (κ2) is 7.11. The largest absolute Gasteiger partial charge is 0.379 e. The summed E-state index contributed by atoms with van der Waals surface area (Å²) in [5.74, 6) is 0. The van der Waals surface area contributed by atoms with Gasteiger partial charge < -0.3 is 15.8 Å². The Kier molecular flexibility index (Phi) is 5.36. The van der Waals surface area contributed by atoms with E-state index in [1.54, 1.807) is 4.31 Å². The second-order valence-electron chi connectivity index (χ2n) is 6.52. The van der Waals surface area contributed by atoms with E-state index in [0.29, 0.717) is 32.3 Å². The number of piperidine rings is 2. The molecule has 0 bridgehead atoms. The highest BCUT2D eigenvalue weighted by Gasteiger charge is 2.38. The summed E-state index contributed by atoms with van der Waals surface area (Å²) in [6.45, 7) is 5.58. The molecule has 3 rings (SSSR count). The Morgan fingerprint density at radius 2 is 1.73 bits per heavy atom. The van der Waals surface area contributed by atoms with Crippen LogP contribution < -0.4 is 11.1 Å². The van der Waals surface area contributed by atoms with Gasteiger partial charge in [0.15, 0.2) is 0 Å². The SMILES string of the molecule is NC1CNCCC1N1CCC(S(=O)(=O)N2CCOCC2)CC1. The Morgan fingerprint density at radius 3 is 2.36 bits per heavy atom. The highest BCUT2D eigenvalue weighted by molar-refractivity contribution is 7.89. The van der Waals surface area contributed by atoms with Crippen molar-refractivity contribution in [2.75, 3.05) is 52.5 Å². The Labute approximate surface area is 133 Å². The lowest BCUT2D eigenvalue weighted by Gasteiger charge is -2.42. The number of morpholine rings is 1. The van der Waals surface area contributed by atoms with Gasteiger partial charge in [-0.15, -0.1) is 0 Å². The predicted octanol–water partition coefficient (Wildman–Crippen LogP) is -1.20. The number of hydrogen-bond acceptors (Lipinski definition) is 6. The van der Waals surface area contributed by atoms with Crippen molar-refractivity contribution in [1.29, 1.82) is 0 Å². The topological polar surface area (TPSA) is 87.9 Å². The lowest BCUT2D eigenvalue weighted by atomic mass is 9.97. The van der Waals surface area contributed by atoms with E-state index in [0.717, 1.165) is 45.4 Å². The summed E-state index contributed by atoms with van der Waals surface area (Å²) in [5, 5.41) is 3.08. The standard InChI is InChI=1S/C14H28N4O3S/c15-13-11-16-4-1-14(13)17-5-2-12(3-6-17)22(19,20)18-7-9-21-10-8-18/h12-14,16H,1-11,15H2. The number of nitrogens with two attached hydrogens (primary N) is 1. The minimum Gasteiger partial charge on any atom is -0.379 e. The van der Waals surface area contributed by atoms with Crippen LogP contribution in [0.3, 0.4) is 0 Å². The molecule has 3 aliphatic heterocycles. The maximum absolute atomic E-state index is 12.7. The van der Waals surface area contributed by atoms with Gasteiger partial charge in [0.2, 0.25) is 10.0 Å². The first kappa shape index (κ1) is 16.6. The highest BCUT2D eigenvalue weighted by Crippen LogP contribution is 2.24. The molecule has 0 radical (unpaired) electrons. The zero-order chi connectivity index (χ0) is 15.6. The number of nitrogens with one attached hydrogen (secondary N) is 1. The highest BCUT2D eigenvalue weighted by atomic mass is 32.2. The number of nitrogens with zero attached hydrogens (tertiary/aromatic N) is 2. The van der Waals surface area contributed by atoms with Gasteiger partial charge in [-0.1, -0.05) is 0 Å².